The van der Waals surface area contributed by atoms with Gasteiger partial charge in [-0.15, -0.1) is 0 Å². The molecule has 0 radical (unpaired) electrons. The fourth-order valence-corrected chi connectivity index (χ4v) is 3.71. The molecule has 154 valence electrons. The first-order valence-corrected chi connectivity index (χ1v) is 11.1. The first kappa shape index (κ1) is 21.5. The van der Waals surface area contributed by atoms with Gasteiger partial charge in [0.1, 0.15) is 21.5 Å². The van der Waals surface area contributed by atoms with Gasteiger partial charge in [-0.25, -0.2) is 0 Å². The number of fused-ring (bicyclic) bond motifs is 2. The molecule has 2 N–H and O–H groups in total. The fraction of sp³-hybridized carbons (Fsp3) is 0.391. The largest absolute Gasteiger partial charge is 0.493 e. The molecule has 0 saturated carbocycles. The average molecular weight is 429 g/mol. The van der Waals surface area contributed by atoms with Gasteiger partial charge in [0.15, 0.2) is 0 Å². The number of nitrogens with one attached hydrogen (secondary N) is 2. The number of benzene rings is 2. The first-order valence-electron chi connectivity index (χ1n) is 10.3. The Balaban J connectivity index is 1.64. The quantitative estimate of drug-likeness (QED) is 0.596. The van der Waals surface area contributed by atoms with Crippen LogP contribution >= 0.6 is 24.4 Å². The maximum Gasteiger partial charge on any atom is 0.129 e. The molecular weight excluding hydrogens is 400 g/mol. The molecule has 1 heterocycles. The van der Waals surface area contributed by atoms with Gasteiger partial charge in [-0.1, -0.05) is 48.7 Å². The highest BCUT2D eigenvalue weighted by Crippen LogP contribution is 2.20. The lowest BCUT2D eigenvalue weighted by molar-refractivity contribution is 0.287. The van der Waals surface area contributed by atoms with Gasteiger partial charge >= 0.3 is 0 Å². The van der Waals surface area contributed by atoms with Crippen LogP contribution in [0.2, 0.25) is 0 Å². The molecule has 0 unspecified atom stereocenters. The molecule has 2 aromatic carbocycles. The summed E-state index contributed by atoms with van der Waals surface area (Å²) < 4.78 is 12.0. The second-order valence-electron chi connectivity index (χ2n) is 6.97. The van der Waals surface area contributed by atoms with E-state index in [9.17, 15) is 0 Å². The minimum Gasteiger partial charge on any atom is -0.493 e. The van der Waals surface area contributed by atoms with Crippen LogP contribution in [-0.4, -0.2) is 36.3 Å². The van der Waals surface area contributed by atoms with Gasteiger partial charge in [0.2, 0.25) is 0 Å². The minimum atomic E-state index is 0.696. The highest BCUT2D eigenvalue weighted by atomic mass is 32.1. The number of hydrogen-bond acceptors (Lipinski definition) is 4. The highest BCUT2D eigenvalue weighted by Gasteiger charge is 2.10. The van der Waals surface area contributed by atoms with Gasteiger partial charge in [0.25, 0.3) is 0 Å². The third-order valence-corrected chi connectivity index (χ3v) is 5.47. The van der Waals surface area contributed by atoms with Gasteiger partial charge in [-0.3, -0.25) is 0 Å². The molecule has 0 saturated heterocycles. The third-order valence-electron chi connectivity index (χ3n) is 4.74. The second-order valence-corrected chi connectivity index (χ2v) is 7.79. The summed E-state index contributed by atoms with van der Waals surface area (Å²) in [6.07, 6.45) is 5.14. The molecular formula is C23H28N2O2S2. The third kappa shape index (κ3) is 6.68. The molecule has 0 spiro atoms. The molecule has 4 nitrogen and oxygen atoms in total. The Morgan fingerprint density at radius 3 is 1.52 bits per heavy atom. The zero-order valence-corrected chi connectivity index (χ0v) is 18.2. The number of ether oxygens (including phenoxy) is 2. The lowest BCUT2D eigenvalue weighted by atomic mass is 10.2. The summed E-state index contributed by atoms with van der Waals surface area (Å²) in [5.74, 6) is 1.70. The average Bonchev–Trinajstić information content (AvgIpc) is 2.75. The molecule has 0 aromatic heterocycles. The van der Waals surface area contributed by atoms with Crippen molar-refractivity contribution in [3.8, 4) is 11.5 Å². The molecule has 0 fully saturated rings. The van der Waals surface area contributed by atoms with E-state index in [1.807, 2.05) is 48.5 Å². The van der Waals surface area contributed by atoms with Crippen molar-refractivity contribution in [3.63, 3.8) is 0 Å². The van der Waals surface area contributed by atoms with Crippen molar-refractivity contribution >= 4 is 34.4 Å². The summed E-state index contributed by atoms with van der Waals surface area (Å²) in [5, 5.41) is 6.66. The Labute approximate surface area is 184 Å². The number of rotatable bonds is 0. The Hall–Kier alpha value is -2.18. The predicted molar refractivity (Wildman–Crippen MR) is 126 cm³/mol. The van der Waals surface area contributed by atoms with E-state index in [1.54, 1.807) is 0 Å². The Morgan fingerprint density at radius 1 is 0.586 bits per heavy atom. The summed E-state index contributed by atoms with van der Waals surface area (Å²) in [7, 11) is 0. The van der Waals surface area contributed by atoms with E-state index >= 15 is 0 Å². The summed E-state index contributed by atoms with van der Waals surface area (Å²) >= 11 is 11.2. The van der Waals surface area contributed by atoms with Gasteiger partial charge in [-0.05, 0) is 56.4 Å². The second kappa shape index (κ2) is 11.7. The molecule has 0 amide bonds. The van der Waals surface area contributed by atoms with Crippen molar-refractivity contribution in [2.24, 2.45) is 0 Å². The minimum absolute atomic E-state index is 0.696. The lowest BCUT2D eigenvalue weighted by Gasteiger charge is -2.14. The summed E-state index contributed by atoms with van der Waals surface area (Å²) in [6, 6.07) is 15.9. The van der Waals surface area contributed by atoms with Crippen LogP contribution in [0, 0.1) is 0 Å². The van der Waals surface area contributed by atoms with Crippen LogP contribution in [0.25, 0.3) is 0 Å². The van der Waals surface area contributed by atoms with Gasteiger partial charge in [-0.2, -0.15) is 0 Å². The van der Waals surface area contributed by atoms with Crippen molar-refractivity contribution in [3.05, 3.63) is 59.7 Å². The SMILES string of the molecule is S=C1NCCCNC(=S)c2ccccc2OCCCCCCOc2ccccc21. The molecule has 3 rings (SSSR count). The van der Waals surface area contributed by atoms with E-state index in [2.05, 4.69) is 10.6 Å². The topological polar surface area (TPSA) is 42.5 Å². The molecule has 0 bridgehead atoms. The Bertz CT molecular complexity index is 759. The summed E-state index contributed by atoms with van der Waals surface area (Å²) in [6.45, 7) is 2.92. The highest BCUT2D eigenvalue weighted by molar-refractivity contribution is 7.81. The zero-order chi connectivity index (χ0) is 20.3. The number of thiocarbonyl (C=S) groups is 2. The molecule has 1 aliphatic rings. The lowest BCUT2D eigenvalue weighted by Crippen LogP contribution is -2.29. The van der Waals surface area contributed by atoms with E-state index in [0.717, 1.165) is 77.8 Å². The maximum absolute atomic E-state index is 6.00. The zero-order valence-electron chi connectivity index (χ0n) is 16.6. The molecule has 0 aliphatic carbocycles. The summed E-state index contributed by atoms with van der Waals surface area (Å²) in [5.41, 5.74) is 1.90. The van der Waals surface area contributed by atoms with Crippen molar-refractivity contribution < 1.29 is 9.47 Å². The van der Waals surface area contributed by atoms with Crippen LogP contribution in [0.4, 0.5) is 0 Å². The van der Waals surface area contributed by atoms with E-state index in [4.69, 9.17) is 33.9 Å². The van der Waals surface area contributed by atoms with E-state index < -0.39 is 0 Å². The fourth-order valence-electron chi connectivity index (χ4n) is 3.16. The predicted octanol–water partition coefficient (Wildman–Crippen LogP) is 4.64. The molecule has 6 heteroatoms. The van der Waals surface area contributed by atoms with E-state index in [-0.39, 0.29) is 0 Å². The molecule has 0 atom stereocenters. The Morgan fingerprint density at radius 2 is 1.03 bits per heavy atom. The van der Waals surface area contributed by atoms with E-state index in [1.165, 1.54) is 0 Å². The van der Waals surface area contributed by atoms with Crippen LogP contribution in [0.3, 0.4) is 0 Å². The maximum atomic E-state index is 6.00. The van der Waals surface area contributed by atoms with Crippen molar-refractivity contribution in [1.29, 1.82) is 0 Å². The molecule has 2 aromatic rings. The van der Waals surface area contributed by atoms with Gasteiger partial charge < -0.3 is 20.1 Å². The van der Waals surface area contributed by atoms with Crippen LogP contribution in [0.5, 0.6) is 11.5 Å². The number of para-hydroxylation sites is 2. The Kier molecular flexibility index (Phi) is 8.71. The van der Waals surface area contributed by atoms with Crippen molar-refractivity contribution in [1.82, 2.24) is 10.6 Å². The smallest absolute Gasteiger partial charge is 0.129 e. The van der Waals surface area contributed by atoms with Gasteiger partial charge in [0, 0.05) is 13.1 Å². The van der Waals surface area contributed by atoms with Crippen LogP contribution in [0.1, 0.15) is 43.2 Å². The van der Waals surface area contributed by atoms with E-state index in [0.29, 0.717) is 13.2 Å². The van der Waals surface area contributed by atoms with Crippen molar-refractivity contribution in [2.75, 3.05) is 26.3 Å². The monoisotopic (exact) mass is 428 g/mol. The van der Waals surface area contributed by atoms with Crippen LogP contribution in [0.15, 0.2) is 48.5 Å². The standard InChI is InChI=1S/C23H28N2O2S2/c28-22-18-10-3-5-12-20(18)26-16-7-1-2-8-17-27-21-13-6-4-11-19(21)23(29)25-15-9-14-24-22/h3-6,10-13H,1-2,7-9,14-17H2,(H,24,28)(H,25,29). The van der Waals surface area contributed by atoms with Gasteiger partial charge in [0.05, 0.1) is 24.3 Å². The summed E-state index contributed by atoms with van der Waals surface area (Å²) in [4.78, 5) is 1.44. The first-order chi connectivity index (χ1) is 14.3. The van der Waals surface area contributed by atoms with Crippen LogP contribution in [-0.2, 0) is 0 Å². The number of hydrogen-bond donors (Lipinski definition) is 2. The molecule has 1 aliphatic heterocycles. The van der Waals surface area contributed by atoms with Crippen LogP contribution < -0.4 is 20.1 Å². The van der Waals surface area contributed by atoms with Crippen molar-refractivity contribution in [2.45, 2.75) is 32.1 Å². The normalized spacial score (nSPS) is 17.0. The molecule has 29 heavy (non-hydrogen) atoms.